The molecule has 0 unspecified atom stereocenters. The van der Waals surface area contributed by atoms with Crippen LogP contribution in [-0.4, -0.2) is 13.4 Å². The van der Waals surface area contributed by atoms with E-state index in [1.165, 1.54) is 32.3 Å². The zero-order valence-corrected chi connectivity index (χ0v) is 14.3. The number of aldehydes is 1. The van der Waals surface area contributed by atoms with Crippen molar-refractivity contribution in [3.8, 4) is 16.9 Å². The Kier molecular flexibility index (Phi) is 3.19. The van der Waals surface area contributed by atoms with Gasteiger partial charge in [0, 0.05) is 5.56 Å². The molecule has 5 aromatic carbocycles. The predicted octanol–water partition coefficient (Wildman–Crippen LogP) is 6.07. The van der Waals surface area contributed by atoms with Gasteiger partial charge in [-0.3, -0.25) is 4.79 Å². The molecule has 124 valence electrons. The zero-order chi connectivity index (χ0) is 17.7. The molecule has 0 saturated heterocycles. The van der Waals surface area contributed by atoms with Gasteiger partial charge in [0.15, 0.2) is 6.29 Å². The van der Waals surface area contributed by atoms with Gasteiger partial charge in [0.1, 0.15) is 5.75 Å². The Morgan fingerprint density at radius 2 is 1.46 bits per heavy atom. The SMILES string of the molecule is COc1ccc(-c2cc3cccc4ccc5cccc2c5c43)c(C=O)c1. The normalized spacial score (nSPS) is 11.4. The summed E-state index contributed by atoms with van der Waals surface area (Å²) < 4.78 is 5.28. The van der Waals surface area contributed by atoms with Crippen molar-refractivity contribution in [2.24, 2.45) is 0 Å². The highest BCUT2D eigenvalue weighted by atomic mass is 16.5. The Morgan fingerprint density at radius 1 is 0.731 bits per heavy atom. The van der Waals surface area contributed by atoms with Gasteiger partial charge in [-0.2, -0.15) is 0 Å². The molecule has 0 atom stereocenters. The minimum atomic E-state index is 0.638. The van der Waals surface area contributed by atoms with Gasteiger partial charge in [0.2, 0.25) is 0 Å². The van der Waals surface area contributed by atoms with E-state index in [1.807, 2.05) is 12.1 Å². The summed E-state index contributed by atoms with van der Waals surface area (Å²) in [4.78, 5) is 11.7. The molecular formula is C24H16O2. The van der Waals surface area contributed by atoms with Gasteiger partial charge in [-0.25, -0.2) is 0 Å². The summed E-state index contributed by atoms with van der Waals surface area (Å²) >= 11 is 0. The smallest absolute Gasteiger partial charge is 0.150 e. The van der Waals surface area contributed by atoms with Crippen LogP contribution < -0.4 is 4.74 Å². The molecule has 2 nitrogen and oxygen atoms in total. The van der Waals surface area contributed by atoms with Crippen LogP contribution in [0.1, 0.15) is 10.4 Å². The number of rotatable bonds is 3. The first-order chi connectivity index (χ1) is 12.8. The second kappa shape index (κ2) is 5.57. The van der Waals surface area contributed by atoms with E-state index >= 15 is 0 Å². The van der Waals surface area contributed by atoms with Gasteiger partial charge >= 0.3 is 0 Å². The second-order valence-electron chi connectivity index (χ2n) is 6.54. The van der Waals surface area contributed by atoms with Crippen LogP contribution in [0.4, 0.5) is 0 Å². The van der Waals surface area contributed by atoms with Gasteiger partial charge in [-0.05, 0) is 67.7 Å². The minimum absolute atomic E-state index is 0.638. The molecule has 0 amide bonds. The van der Waals surface area contributed by atoms with Crippen molar-refractivity contribution >= 4 is 38.6 Å². The third-order valence-electron chi connectivity index (χ3n) is 5.18. The summed E-state index contributed by atoms with van der Waals surface area (Å²) in [5.74, 6) is 0.688. The maximum Gasteiger partial charge on any atom is 0.150 e. The molecule has 0 spiro atoms. The average Bonchev–Trinajstić information content (AvgIpc) is 2.71. The van der Waals surface area contributed by atoms with Crippen molar-refractivity contribution in [3.63, 3.8) is 0 Å². The van der Waals surface area contributed by atoms with E-state index in [0.717, 1.165) is 17.4 Å². The fourth-order valence-corrected chi connectivity index (χ4v) is 4.00. The predicted molar refractivity (Wildman–Crippen MR) is 108 cm³/mol. The van der Waals surface area contributed by atoms with Gasteiger partial charge in [-0.15, -0.1) is 0 Å². The Balaban J connectivity index is 1.96. The number of carbonyl (C=O) groups is 1. The van der Waals surface area contributed by atoms with E-state index in [-0.39, 0.29) is 0 Å². The molecule has 0 radical (unpaired) electrons. The van der Waals surface area contributed by atoms with Crippen molar-refractivity contribution in [2.45, 2.75) is 0 Å². The first kappa shape index (κ1) is 14.9. The lowest BCUT2D eigenvalue weighted by Crippen LogP contribution is -1.93. The average molecular weight is 336 g/mol. The summed E-state index contributed by atoms with van der Waals surface area (Å²) in [6, 6.07) is 25.0. The van der Waals surface area contributed by atoms with E-state index < -0.39 is 0 Å². The van der Waals surface area contributed by atoms with E-state index in [0.29, 0.717) is 11.3 Å². The summed E-state index contributed by atoms with van der Waals surface area (Å²) in [5.41, 5.74) is 2.64. The van der Waals surface area contributed by atoms with E-state index in [1.54, 1.807) is 13.2 Å². The molecule has 0 fully saturated rings. The van der Waals surface area contributed by atoms with Crippen LogP contribution in [-0.2, 0) is 0 Å². The highest BCUT2D eigenvalue weighted by Gasteiger charge is 2.15. The van der Waals surface area contributed by atoms with E-state index in [9.17, 15) is 4.79 Å². The molecule has 0 aliphatic rings. The molecule has 0 aliphatic heterocycles. The van der Waals surface area contributed by atoms with Gasteiger partial charge < -0.3 is 4.74 Å². The maximum absolute atomic E-state index is 11.7. The van der Waals surface area contributed by atoms with Gasteiger partial charge in [0.25, 0.3) is 0 Å². The van der Waals surface area contributed by atoms with Crippen molar-refractivity contribution in [1.82, 2.24) is 0 Å². The molecule has 0 heterocycles. The number of carbonyl (C=O) groups excluding carboxylic acids is 1. The lowest BCUT2D eigenvalue weighted by Gasteiger charge is -2.16. The monoisotopic (exact) mass is 336 g/mol. The second-order valence-corrected chi connectivity index (χ2v) is 6.54. The Hall–Kier alpha value is -3.39. The highest BCUT2D eigenvalue weighted by molar-refractivity contribution is 6.26. The first-order valence-corrected chi connectivity index (χ1v) is 8.60. The van der Waals surface area contributed by atoms with Crippen LogP contribution in [0.25, 0.3) is 43.4 Å². The van der Waals surface area contributed by atoms with Crippen molar-refractivity contribution in [1.29, 1.82) is 0 Å². The molecule has 0 saturated carbocycles. The molecule has 26 heavy (non-hydrogen) atoms. The summed E-state index contributed by atoms with van der Waals surface area (Å²) in [7, 11) is 1.61. The van der Waals surface area contributed by atoms with Crippen LogP contribution in [0.3, 0.4) is 0 Å². The van der Waals surface area contributed by atoms with E-state index in [2.05, 4.69) is 54.6 Å². The summed E-state index contributed by atoms with van der Waals surface area (Å²) in [6.45, 7) is 0. The number of hydrogen-bond acceptors (Lipinski definition) is 2. The van der Waals surface area contributed by atoms with Crippen LogP contribution in [0.5, 0.6) is 5.75 Å². The fourth-order valence-electron chi connectivity index (χ4n) is 4.00. The zero-order valence-electron chi connectivity index (χ0n) is 14.3. The molecule has 0 aliphatic carbocycles. The standard InChI is InChI=1S/C24H16O2/c1-26-19-10-11-20(18(12-19)14-25)22-13-17-6-2-4-15-8-9-16-5-3-7-21(22)24(16)23(15)17/h2-14H,1H3. The molecule has 5 rings (SSSR count). The molecule has 0 N–H and O–H groups in total. The maximum atomic E-state index is 11.7. The Bertz CT molecular complexity index is 1280. The van der Waals surface area contributed by atoms with Crippen molar-refractivity contribution in [3.05, 3.63) is 78.4 Å². The number of hydrogen-bond donors (Lipinski definition) is 0. The lowest BCUT2D eigenvalue weighted by atomic mass is 9.88. The molecular weight excluding hydrogens is 320 g/mol. The molecule has 5 aromatic rings. The Morgan fingerprint density at radius 3 is 2.23 bits per heavy atom. The topological polar surface area (TPSA) is 26.3 Å². The molecule has 0 aromatic heterocycles. The Labute approximate surface area is 151 Å². The number of benzene rings is 5. The van der Waals surface area contributed by atoms with Crippen LogP contribution in [0.15, 0.2) is 72.8 Å². The molecule has 0 bridgehead atoms. The third-order valence-corrected chi connectivity index (χ3v) is 5.18. The quantitative estimate of drug-likeness (QED) is 0.295. The lowest BCUT2D eigenvalue weighted by molar-refractivity contribution is 0.112. The molecule has 2 heteroatoms. The minimum Gasteiger partial charge on any atom is -0.497 e. The highest BCUT2D eigenvalue weighted by Crippen LogP contribution is 2.41. The largest absolute Gasteiger partial charge is 0.497 e. The van der Waals surface area contributed by atoms with Crippen LogP contribution in [0.2, 0.25) is 0 Å². The first-order valence-electron chi connectivity index (χ1n) is 8.60. The van der Waals surface area contributed by atoms with Crippen molar-refractivity contribution in [2.75, 3.05) is 7.11 Å². The summed E-state index contributed by atoms with van der Waals surface area (Å²) in [6.07, 6.45) is 0.903. The van der Waals surface area contributed by atoms with Crippen LogP contribution >= 0.6 is 0 Å². The van der Waals surface area contributed by atoms with Gasteiger partial charge in [-0.1, -0.05) is 48.5 Å². The third kappa shape index (κ3) is 2.02. The van der Waals surface area contributed by atoms with Crippen LogP contribution in [0, 0.1) is 0 Å². The van der Waals surface area contributed by atoms with Crippen molar-refractivity contribution < 1.29 is 9.53 Å². The number of methoxy groups -OCH3 is 1. The fraction of sp³-hybridized carbons (Fsp3) is 0.0417. The summed E-state index contributed by atoms with van der Waals surface area (Å²) in [5, 5.41) is 7.35. The van der Waals surface area contributed by atoms with E-state index in [4.69, 9.17) is 4.74 Å². The van der Waals surface area contributed by atoms with Gasteiger partial charge in [0.05, 0.1) is 7.11 Å². The number of ether oxygens (including phenoxy) is 1.